The molecule has 0 saturated carbocycles. The van der Waals surface area contributed by atoms with Crippen molar-refractivity contribution in [3.63, 3.8) is 0 Å². The highest BCUT2D eigenvalue weighted by Crippen LogP contribution is 2.38. The van der Waals surface area contributed by atoms with Crippen molar-refractivity contribution in [1.82, 2.24) is 14.9 Å². The number of ether oxygens (including phenoxy) is 1. The predicted molar refractivity (Wildman–Crippen MR) is 236 cm³/mol. The Labute approximate surface area is 344 Å². The molecule has 0 radical (unpaired) electrons. The number of amides is 1. The van der Waals surface area contributed by atoms with E-state index < -0.39 is 17.4 Å². The van der Waals surface area contributed by atoms with E-state index >= 15 is 8.78 Å². The summed E-state index contributed by atoms with van der Waals surface area (Å²) in [5.74, 6) is -0.102. The van der Waals surface area contributed by atoms with Gasteiger partial charge in [0.1, 0.15) is 23.6 Å². The molecular weight excluding hydrogens is 749 g/mol. The molecule has 0 saturated heterocycles. The molecule has 3 heterocycles. The number of nitrogens with zero attached hydrogens (tertiary/aromatic N) is 6. The van der Waals surface area contributed by atoms with Crippen molar-refractivity contribution >= 4 is 73.3 Å². The van der Waals surface area contributed by atoms with Gasteiger partial charge in [-0.1, -0.05) is 65.7 Å². The third-order valence-corrected chi connectivity index (χ3v) is 12.2. The van der Waals surface area contributed by atoms with Gasteiger partial charge in [-0.25, -0.2) is 8.78 Å². The maximum atomic E-state index is 16.2. The number of aliphatic imine (C=N–C) groups is 1. The highest BCUT2D eigenvalue weighted by Gasteiger charge is 2.31. The number of rotatable bonds is 13. The monoisotopic (exact) mass is 805 g/mol. The fourth-order valence-electron chi connectivity index (χ4n) is 8.79. The number of hydrogen-bond donors (Lipinski definition) is 2. The number of benzene rings is 4. The topological polar surface area (TPSA) is 130 Å². The number of unbranched alkanes of at least 4 members (excludes halogenated alkanes) is 2. The molecule has 5 aromatic rings. The largest absolute Gasteiger partial charge is 0.508 e. The molecule has 4 atom stereocenters. The highest BCUT2D eigenvalue weighted by molar-refractivity contribution is 6.26. The summed E-state index contributed by atoms with van der Waals surface area (Å²) < 4.78 is 38.0. The smallest absolute Gasteiger partial charge is 0.318 e. The van der Waals surface area contributed by atoms with Crippen molar-refractivity contribution in [3.8, 4) is 11.8 Å². The summed E-state index contributed by atoms with van der Waals surface area (Å²) in [7, 11) is 3.30. The molecule has 4 aromatic carbocycles. The van der Waals surface area contributed by atoms with Gasteiger partial charge in [0.2, 0.25) is 0 Å². The second-order valence-corrected chi connectivity index (χ2v) is 17.2. The van der Waals surface area contributed by atoms with E-state index in [2.05, 4.69) is 45.2 Å². The summed E-state index contributed by atoms with van der Waals surface area (Å²) in [4.78, 5) is 36.9. The molecule has 0 bridgehead atoms. The zero-order valence-corrected chi connectivity index (χ0v) is 35.5. The fraction of sp³-hybridized carbons (Fsp3) is 0.468. The van der Waals surface area contributed by atoms with Crippen LogP contribution in [0.1, 0.15) is 79.6 Å². The Bertz CT molecular complexity index is 2700. The molecule has 10 nitrogen and oxygen atoms in total. The van der Waals surface area contributed by atoms with Crippen molar-refractivity contribution in [2.45, 2.75) is 91.8 Å². The Morgan fingerprint density at radius 2 is 1.92 bits per heavy atom. The minimum Gasteiger partial charge on any atom is -0.508 e. The number of halogens is 2. The molecule has 1 aromatic heterocycles. The molecule has 2 aliphatic heterocycles. The number of fused-ring (bicyclic) bond motifs is 7. The zero-order chi connectivity index (χ0) is 42.3. The predicted octanol–water partition coefficient (Wildman–Crippen LogP) is 7.19. The number of alkyl halides is 1. The molecule has 7 rings (SSSR count). The first-order valence-electron chi connectivity index (χ1n) is 21.0. The van der Waals surface area contributed by atoms with Crippen LogP contribution in [-0.4, -0.2) is 84.1 Å². The Balaban J connectivity index is 1.56. The third-order valence-electron chi connectivity index (χ3n) is 12.2. The average Bonchev–Trinajstić information content (AvgIpc) is 3.44. The number of nitrogens with two attached hydrogens (primary N) is 1. The Hall–Kier alpha value is -5.39. The highest BCUT2D eigenvalue weighted by atomic mass is 19.1. The number of carbonyl (C=O) groups excluding carboxylic acids is 1. The lowest BCUT2D eigenvalue weighted by molar-refractivity contribution is -0.124. The van der Waals surface area contributed by atoms with Crippen LogP contribution in [0.3, 0.4) is 0 Å². The first-order valence-corrected chi connectivity index (χ1v) is 21.0. The molecule has 2 aliphatic rings. The molecule has 59 heavy (non-hydrogen) atoms. The molecule has 0 fully saturated rings. The number of carbonyl (C=O) groups is 1. The summed E-state index contributed by atoms with van der Waals surface area (Å²) in [5, 5.41) is 17.4. The first kappa shape index (κ1) is 41.8. The van der Waals surface area contributed by atoms with Gasteiger partial charge < -0.3 is 25.4 Å². The lowest BCUT2D eigenvalue weighted by Crippen LogP contribution is -2.39. The van der Waals surface area contributed by atoms with Gasteiger partial charge in [-0.2, -0.15) is 9.97 Å². The van der Waals surface area contributed by atoms with Crippen LogP contribution in [0.4, 0.5) is 14.6 Å². The van der Waals surface area contributed by atoms with Gasteiger partial charge in [0.05, 0.1) is 46.9 Å². The summed E-state index contributed by atoms with van der Waals surface area (Å²) in [5.41, 5.74) is 7.00. The van der Waals surface area contributed by atoms with Gasteiger partial charge in [0.15, 0.2) is 0 Å². The lowest BCUT2D eigenvalue weighted by atomic mass is 9.80. The summed E-state index contributed by atoms with van der Waals surface area (Å²) in [6, 6.07) is 6.40. The van der Waals surface area contributed by atoms with Crippen LogP contribution < -0.4 is 31.2 Å². The van der Waals surface area contributed by atoms with Crippen molar-refractivity contribution in [1.29, 1.82) is 0 Å². The number of likely N-dealkylation sites (N-methyl/N-ethyl adjacent to an activating group) is 1. The van der Waals surface area contributed by atoms with Gasteiger partial charge in [0.25, 0.3) is 5.91 Å². The third kappa shape index (κ3) is 8.02. The van der Waals surface area contributed by atoms with Crippen LogP contribution in [0.15, 0.2) is 46.0 Å². The normalized spacial score (nSPS) is 18.9. The van der Waals surface area contributed by atoms with Crippen LogP contribution in [0, 0.1) is 17.2 Å². The number of phenolic OH excluding ortho intramolecular Hbond substituents is 1. The van der Waals surface area contributed by atoms with Gasteiger partial charge in [-0.15, -0.1) is 0 Å². The quantitative estimate of drug-likeness (QED) is 0.0558. The van der Waals surface area contributed by atoms with E-state index in [1.54, 1.807) is 38.4 Å². The minimum absolute atomic E-state index is 0.0445. The van der Waals surface area contributed by atoms with Crippen LogP contribution in [0.5, 0.6) is 11.8 Å². The number of aromatic nitrogens is 2. The van der Waals surface area contributed by atoms with Gasteiger partial charge in [-0.3, -0.25) is 14.8 Å². The summed E-state index contributed by atoms with van der Waals surface area (Å²) >= 11 is 0. The molecule has 0 spiro atoms. The van der Waals surface area contributed by atoms with Crippen LogP contribution >= 0.6 is 0 Å². The molecule has 0 aliphatic carbocycles. The van der Waals surface area contributed by atoms with Gasteiger partial charge >= 0.3 is 6.01 Å². The molecule has 1 amide bonds. The Kier molecular flexibility index (Phi) is 11.8. The Morgan fingerprint density at radius 3 is 2.64 bits per heavy atom. The van der Waals surface area contributed by atoms with Crippen LogP contribution in [0.25, 0.3) is 55.9 Å². The van der Waals surface area contributed by atoms with E-state index in [1.807, 2.05) is 6.92 Å². The van der Waals surface area contributed by atoms with Gasteiger partial charge in [-0.05, 0) is 78.8 Å². The SMILES string of the molecule is C=c1c2c(F)ccc3cc(O)cc(c4c5c(c6c(N7CCCN=C(/C=C(\N)C(=O)N(C)C)C7)nc(OCC(C)(CCCCC)CC(F)CC)nc6c14)=CC(C)C(C)N=5)c32. The maximum absolute atomic E-state index is 16.2. The molecular formula is C47H57F2N7O3. The number of anilines is 1. The number of aromatic hydroxyl groups is 1. The summed E-state index contributed by atoms with van der Waals surface area (Å²) in [6.45, 7) is 16.4. The lowest BCUT2D eigenvalue weighted by Gasteiger charge is -2.31. The zero-order valence-electron chi connectivity index (χ0n) is 35.5. The van der Waals surface area contributed by atoms with Crippen molar-refractivity contribution in [2.24, 2.45) is 27.1 Å². The average molecular weight is 806 g/mol. The molecule has 12 heteroatoms. The van der Waals surface area contributed by atoms with E-state index in [-0.39, 0.29) is 48.5 Å². The fourth-order valence-corrected chi connectivity index (χ4v) is 8.79. The van der Waals surface area contributed by atoms with E-state index in [9.17, 15) is 9.90 Å². The molecule has 3 N–H and O–H groups in total. The number of phenols is 1. The van der Waals surface area contributed by atoms with Crippen LogP contribution in [0.2, 0.25) is 0 Å². The molecule has 4 unspecified atom stereocenters. The first-order chi connectivity index (χ1) is 28.1. The van der Waals surface area contributed by atoms with Gasteiger partial charge in [0, 0.05) is 59.4 Å². The van der Waals surface area contributed by atoms with Crippen molar-refractivity contribution in [2.75, 3.05) is 45.2 Å². The van der Waals surface area contributed by atoms with E-state index in [4.69, 9.17) is 30.4 Å². The van der Waals surface area contributed by atoms with E-state index in [1.165, 1.54) is 11.0 Å². The second kappa shape index (κ2) is 16.7. The summed E-state index contributed by atoms with van der Waals surface area (Å²) in [6.07, 6.45) is 8.09. The maximum Gasteiger partial charge on any atom is 0.318 e. The van der Waals surface area contributed by atoms with E-state index in [0.29, 0.717) is 97.7 Å². The Morgan fingerprint density at radius 1 is 1.14 bits per heavy atom. The van der Waals surface area contributed by atoms with Crippen LogP contribution in [-0.2, 0) is 4.79 Å². The van der Waals surface area contributed by atoms with Crippen molar-refractivity contribution in [3.05, 3.63) is 57.7 Å². The van der Waals surface area contributed by atoms with Crippen molar-refractivity contribution < 1.29 is 23.4 Å². The minimum atomic E-state index is -0.979. The second-order valence-electron chi connectivity index (χ2n) is 17.2. The molecule has 312 valence electrons. The number of hydrogen-bond acceptors (Lipinski definition) is 9. The van der Waals surface area contributed by atoms with E-state index in [0.717, 1.165) is 30.9 Å². The standard InChI is InChI=1S/C47H57F2N7O3/c1-9-11-12-16-47(6,23-30(48)10-2)25-59-46-53-43-38-27(4)37-35(49)15-14-29-20-32(57)22-33(39(29)37)40(38)42-34(19-26(3)28(5)52-42)41(43)44(54-46)56-18-13-17-51-31(24-56)21-36(50)45(58)55(7)8/h14-15,19-22,26,28,30,57H,4,9-13,16-18,23-25,50H2,1-3,5-8H3/b36-21-.